The smallest absolute Gasteiger partial charge is 0.263 e. The fourth-order valence-corrected chi connectivity index (χ4v) is 3.22. The first-order chi connectivity index (χ1) is 14.3. The molecule has 3 amide bonds. The molecule has 1 fully saturated rings. The van der Waals surface area contributed by atoms with Crippen LogP contribution in [0.2, 0.25) is 0 Å². The molecule has 2 aromatic carbocycles. The molecule has 0 aromatic heterocycles. The van der Waals surface area contributed by atoms with Crippen molar-refractivity contribution in [1.82, 2.24) is 15.1 Å². The Morgan fingerprint density at radius 1 is 0.867 bits per heavy atom. The molecule has 3 rings (SSSR count). The predicted octanol–water partition coefficient (Wildman–Crippen LogP) is 1.10. The predicted molar refractivity (Wildman–Crippen MR) is 101 cm³/mol. The second-order valence-corrected chi connectivity index (χ2v) is 6.62. The van der Waals surface area contributed by atoms with Gasteiger partial charge in [0.2, 0.25) is 0 Å². The summed E-state index contributed by atoms with van der Waals surface area (Å²) in [7, 11) is 0. The average Bonchev–Trinajstić information content (AvgIpc) is 3.16. The topological polar surface area (TPSA) is 95.7 Å². The highest BCUT2D eigenvalue weighted by molar-refractivity contribution is 6.02. The van der Waals surface area contributed by atoms with Crippen molar-refractivity contribution in [2.45, 2.75) is 6.17 Å². The lowest BCUT2D eigenvalue weighted by Crippen LogP contribution is -2.54. The van der Waals surface area contributed by atoms with Gasteiger partial charge in [0, 0.05) is 43.4 Å². The summed E-state index contributed by atoms with van der Waals surface area (Å²) in [4.78, 5) is 40.7. The number of halogens is 3. The Kier molecular flexibility index (Phi) is 6.36. The Morgan fingerprint density at radius 3 is 1.93 bits per heavy atom. The van der Waals surface area contributed by atoms with E-state index in [2.05, 4.69) is 5.32 Å². The molecule has 0 bridgehead atoms. The van der Waals surface area contributed by atoms with Crippen molar-refractivity contribution in [3.63, 3.8) is 0 Å². The average molecular weight is 420 g/mol. The van der Waals surface area contributed by atoms with E-state index in [0.29, 0.717) is 6.07 Å². The van der Waals surface area contributed by atoms with E-state index in [1.165, 1.54) is 12.1 Å². The fourth-order valence-electron chi connectivity index (χ4n) is 3.22. The van der Waals surface area contributed by atoms with Crippen LogP contribution in [0.5, 0.6) is 0 Å². The summed E-state index contributed by atoms with van der Waals surface area (Å²) in [6, 6.07) is 7.06. The largest absolute Gasteiger partial charge is 0.351 e. The van der Waals surface area contributed by atoms with E-state index in [1.807, 2.05) is 0 Å². The van der Waals surface area contributed by atoms with Crippen LogP contribution in [0.4, 0.5) is 13.2 Å². The van der Waals surface area contributed by atoms with Gasteiger partial charge >= 0.3 is 0 Å². The highest BCUT2D eigenvalue weighted by atomic mass is 19.1. The molecule has 7 nitrogen and oxygen atoms in total. The number of rotatable bonds is 5. The van der Waals surface area contributed by atoms with Crippen LogP contribution in [0.25, 0.3) is 0 Å². The zero-order valence-electron chi connectivity index (χ0n) is 15.8. The van der Waals surface area contributed by atoms with Gasteiger partial charge in [-0.25, -0.2) is 13.2 Å². The first-order valence-electron chi connectivity index (χ1n) is 9.13. The Balaban J connectivity index is 1.92. The third kappa shape index (κ3) is 4.43. The lowest BCUT2D eigenvalue weighted by atomic mass is 10.1. The summed E-state index contributed by atoms with van der Waals surface area (Å²) in [6.07, 6.45) is -1.35. The van der Waals surface area contributed by atoms with E-state index in [1.54, 1.807) is 0 Å². The van der Waals surface area contributed by atoms with Gasteiger partial charge in [-0.1, -0.05) is 0 Å². The molecular formula is C20H19F3N4O3. The van der Waals surface area contributed by atoms with Crippen LogP contribution < -0.4 is 11.1 Å². The standard InChI is InChI=1S/C20H19F3N4O3/c21-14-3-1-12(2-4-14)19(29)26-7-8-27(18(26)17(28)25-6-5-24)20(30)13-9-15(22)11-16(23)10-13/h1-4,9-11,18H,5-8,24H2,(H,25,28). The van der Waals surface area contributed by atoms with Crippen LogP contribution >= 0.6 is 0 Å². The van der Waals surface area contributed by atoms with E-state index in [4.69, 9.17) is 5.73 Å². The number of amides is 3. The van der Waals surface area contributed by atoms with Gasteiger partial charge in [0.1, 0.15) is 17.5 Å². The van der Waals surface area contributed by atoms with Crippen molar-refractivity contribution in [3.8, 4) is 0 Å². The number of hydrogen-bond donors (Lipinski definition) is 2. The third-order valence-electron chi connectivity index (χ3n) is 4.57. The summed E-state index contributed by atoms with van der Waals surface area (Å²) >= 11 is 0. The number of hydrogen-bond acceptors (Lipinski definition) is 4. The molecular weight excluding hydrogens is 401 g/mol. The lowest BCUT2D eigenvalue weighted by molar-refractivity contribution is -0.128. The van der Waals surface area contributed by atoms with Crippen molar-refractivity contribution < 1.29 is 27.6 Å². The molecule has 0 saturated carbocycles. The molecule has 30 heavy (non-hydrogen) atoms. The molecule has 0 aliphatic carbocycles. The molecule has 1 atom stereocenters. The van der Waals surface area contributed by atoms with Gasteiger partial charge in [-0.05, 0) is 36.4 Å². The normalized spacial score (nSPS) is 15.9. The lowest BCUT2D eigenvalue weighted by Gasteiger charge is -2.29. The molecule has 0 spiro atoms. The minimum atomic E-state index is -1.35. The van der Waals surface area contributed by atoms with Gasteiger partial charge in [0.15, 0.2) is 6.17 Å². The zero-order valence-corrected chi connectivity index (χ0v) is 15.8. The van der Waals surface area contributed by atoms with Crippen molar-refractivity contribution in [3.05, 3.63) is 71.0 Å². The first kappa shape index (κ1) is 21.3. The summed E-state index contributed by atoms with van der Waals surface area (Å²) in [5, 5.41) is 2.52. The molecule has 1 heterocycles. The van der Waals surface area contributed by atoms with E-state index < -0.39 is 41.3 Å². The van der Waals surface area contributed by atoms with E-state index >= 15 is 0 Å². The highest BCUT2D eigenvalue weighted by Crippen LogP contribution is 2.22. The van der Waals surface area contributed by atoms with E-state index in [-0.39, 0.29) is 37.3 Å². The Labute approximate surface area is 170 Å². The van der Waals surface area contributed by atoms with Gasteiger partial charge in [0.05, 0.1) is 0 Å². The van der Waals surface area contributed by atoms with Gasteiger partial charge in [-0.2, -0.15) is 0 Å². The quantitative estimate of drug-likeness (QED) is 0.758. The third-order valence-corrected chi connectivity index (χ3v) is 4.57. The summed E-state index contributed by atoms with van der Waals surface area (Å²) < 4.78 is 40.3. The van der Waals surface area contributed by atoms with Gasteiger partial charge in [0.25, 0.3) is 17.7 Å². The van der Waals surface area contributed by atoms with E-state index in [9.17, 15) is 27.6 Å². The highest BCUT2D eigenvalue weighted by Gasteiger charge is 2.43. The fraction of sp³-hybridized carbons (Fsp3) is 0.250. The number of carbonyl (C=O) groups excluding carboxylic acids is 3. The maximum absolute atomic E-state index is 13.6. The van der Waals surface area contributed by atoms with Crippen molar-refractivity contribution >= 4 is 17.7 Å². The van der Waals surface area contributed by atoms with Crippen molar-refractivity contribution in [2.24, 2.45) is 5.73 Å². The van der Waals surface area contributed by atoms with Crippen molar-refractivity contribution in [2.75, 3.05) is 26.2 Å². The SMILES string of the molecule is NCCNC(=O)C1N(C(=O)c2ccc(F)cc2)CCN1C(=O)c1cc(F)cc(F)c1. The zero-order chi connectivity index (χ0) is 21.8. The number of benzene rings is 2. The number of nitrogens with two attached hydrogens (primary N) is 1. The maximum atomic E-state index is 13.6. The van der Waals surface area contributed by atoms with Gasteiger partial charge < -0.3 is 20.9 Å². The van der Waals surface area contributed by atoms with Crippen LogP contribution in [-0.4, -0.2) is 59.9 Å². The molecule has 1 aliphatic rings. The van der Waals surface area contributed by atoms with Gasteiger partial charge in [-0.15, -0.1) is 0 Å². The van der Waals surface area contributed by atoms with Crippen LogP contribution in [0, 0.1) is 17.5 Å². The van der Waals surface area contributed by atoms with Crippen LogP contribution in [0.3, 0.4) is 0 Å². The number of nitrogens with zero attached hydrogens (tertiary/aromatic N) is 2. The molecule has 1 unspecified atom stereocenters. The second-order valence-electron chi connectivity index (χ2n) is 6.62. The van der Waals surface area contributed by atoms with Crippen LogP contribution in [0.15, 0.2) is 42.5 Å². The van der Waals surface area contributed by atoms with Gasteiger partial charge in [-0.3, -0.25) is 14.4 Å². The van der Waals surface area contributed by atoms with E-state index in [0.717, 1.165) is 34.1 Å². The molecule has 0 radical (unpaired) electrons. The molecule has 158 valence electrons. The number of nitrogens with one attached hydrogen (secondary N) is 1. The monoisotopic (exact) mass is 420 g/mol. The molecule has 10 heteroatoms. The minimum Gasteiger partial charge on any atom is -0.351 e. The Hall–Kier alpha value is -3.40. The molecule has 3 N–H and O–H groups in total. The maximum Gasteiger partial charge on any atom is 0.263 e. The summed E-state index contributed by atoms with van der Waals surface area (Å²) in [5.74, 6) is -4.49. The Bertz CT molecular complexity index is 948. The minimum absolute atomic E-state index is 0.000456. The van der Waals surface area contributed by atoms with Crippen molar-refractivity contribution in [1.29, 1.82) is 0 Å². The number of carbonyl (C=O) groups is 3. The molecule has 2 aromatic rings. The Morgan fingerprint density at radius 2 is 1.40 bits per heavy atom. The summed E-state index contributed by atoms with van der Waals surface area (Å²) in [5.41, 5.74) is 5.23. The first-order valence-corrected chi connectivity index (χ1v) is 9.13. The second kappa shape index (κ2) is 8.95. The molecule has 1 saturated heterocycles. The molecule has 1 aliphatic heterocycles. The van der Waals surface area contributed by atoms with Crippen LogP contribution in [-0.2, 0) is 4.79 Å². The van der Waals surface area contributed by atoms with Crippen LogP contribution in [0.1, 0.15) is 20.7 Å². The summed E-state index contributed by atoms with van der Waals surface area (Å²) in [6.45, 7) is 0.197.